The highest BCUT2D eigenvalue weighted by molar-refractivity contribution is 7.25. The van der Waals surface area contributed by atoms with Gasteiger partial charge in [-0.3, -0.25) is 10.1 Å². The van der Waals surface area contributed by atoms with E-state index in [4.69, 9.17) is 10.0 Å². The first-order valence-corrected chi connectivity index (χ1v) is 5.02. The normalized spacial score (nSPS) is 10.1. The molecule has 0 bridgehead atoms. The molecule has 2 rings (SSSR count). The Morgan fingerprint density at radius 2 is 2.38 bits per heavy atom. The minimum absolute atomic E-state index is 0.126. The molecule has 0 atom stereocenters. The molecule has 0 aliphatic rings. The van der Waals surface area contributed by atoms with E-state index in [1.807, 2.05) is 0 Å². The summed E-state index contributed by atoms with van der Waals surface area (Å²) in [7, 11) is -1.59. The predicted octanol–water partition coefficient (Wildman–Crippen LogP) is -0.937. The average molecular weight is 239 g/mol. The fourth-order valence-corrected chi connectivity index (χ4v) is 1.64. The van der Waals surface area contributed by atoms with Crippen molar-refractivity contribution in [3.05, 3.63) is 24.2 Å². The molecule has 0 radical (unpaired) electrons. The zero-order valence-electron chi connectivity index (χ0n) is 7.82. The van der Waals surface area contributed by atoms with E-state index in [9.17, 15) is 4.79 Å². The van der Waals surface area contributed by atoms with Crippen LogP contribution in [0.3, 0.4) is 0 Å². The monoisotopic (exact) mass is 239 g/mol. The SMILES string of the molecule is O=C(Nc1ncc(B(O)O)s1)c1ccon1. The molecule has 0 saturated carbocycles. The maximum absolute atomic E-state index is 11.5. The summed E-state index contributed by atoms with van der Waals surface area (Å²) in [5, 5.41) is 23.8. The van der Waals surface area contributed by atoms with Crippen molar-refractivity contribution in [3.8, 4) is 0 Å². The van der Waals surface area contributed by atoms with Crippen LogP contribution in [-0.2, 0) is 0 Å². The van der Waals surface area contributed by atoms with E-state index in [-0.39, 0.29) is 15.6 Å². The van der Waals surface area contributed by atoms with Gasteiger partial charge in [0.05, 0.1) is 4.78 Å². The van der Waals surface area contributed by atoms with Gasteiger partial charge in [0.1, 0.15) is 6.26 Å². The first-order valence-electron chi connectivity index (χ1n) is 4.20. The number of amides is 1. The third-order valence-corrected chi connectivity index (χ3v) is 2.62. The first kappa shape index (κ1) is 10.8. The van der Waals surface area contributed by atoms with Gasteiger partial charge in [0, 0.05) is 12.3 Å². The van der Waals surface area contributed by atoms with Gasteiger partial charge in [0.2, 0.25) is 0 Å². The molecule has 7 nitrogen and oxygen atoms in total. The lowest BCUT2D eigenvalue weighted by Crippen LogP contribution is -2.26. The number of aromatic nitrogens is 2. The molecule has 2 heterocycles. The van der Waals surface area contributed by atoms with Gasteiger partial charge in [-0.15, -0.1) is 11.3 Å². The van der Waals surface area contributed by atoms with Gasteiger partial charge in [0.15, 0.2) is 10.8 Å². The maximum atomic E-state index is 11.5. The van der Waals surface area contributed by atoms with E-state index in [0.29, 0.717) is 0 Å². The van der Waals surface area contributed by atoms with Crippen LogP contribution in [0, 0.1) is 0 Å². The highest BCUT2D eigenvalue weighted by Crippen LogP contribution is 2.10. The second kappa shape index (κ2) is 4.43. The lowest BCUT2D eigenvalue weighted by atomic mass is 9.91. The Bertz CT molecular complexity index is 484. The second-order valence-corrected chi connectivity index (χ2v) is 3.84. The van der Waals surface area contributed by atoms with E-state index in [0.717, 1.165) is 11.3 Å². The van der Waals surface area contributed by atoms with Gasteiger partial charge >= 0.3 is 7.12 Å². The van der Waals surface area contributed by atoms with Crippen LogP contribution in [0.25, 0.3) is 0 Å². The van der Waals surface area contributed by atoms with Crippen molar-refractivity contribution in [3.63, 3.8) is 0 Å². The summed E-state index contributed by atoms with van der Waals surface area (Å²) in [6.07, 6.45) is 2.55. The molecule has 0 fully saturated rings. The van der Waals surface area contributed by atoms with Crippen LogP contribution in [-0.4, -0.2) is 33.2 Å². The summed E-state index contributed by atoms with van der Waals surface area (Å²) < 4.78 is 4.75. The van der Waals surface area contributed by atoms with Crippen LogP contribution in [0.15, 0.2) is 23.0 Å². The molecule has 0 aliphatic heterocycles. The van der Waals surface area contributed by atoms with E-state index in [1.165, 1.54) is 18.5 Å². The van der Waals surface area contributed by atoms with Crippen LogP contribution >= 0.6 is 11.3 Å². The van der Waals surface area contributed by atoms with Crippen LogP contribution in [0.4, 0.5) is 5.13 Å². The molecular weight excluding hydrogens is 233 g/mol. The summed E-state index contributed by atoms with van der Waals surface area (Å²) in [5.74, 6) is -0.470. The summed E-state index contributed by atoms with van der Waals surface area (Å²) in [5.41, 5.74) is 0.126. The average Bonchev–Trinajstić information content (AvgIpc) is 2.87. The highest BCUT2D eigenvalue weighted by Gasteiger charge is 2.17. The van der Waals surface area contributed by atoms with Crippen LogP contribution in [0.5, 0.6) is 0 Å². The molecule has 82 valence electrons. The molecule has 0 spiro atoms. The number of carbonyl (C=O) groups is 1. The minimum Gasteiger partial charge on any atom is -0.423 e. The van der Waals surface area contributed by atoms with Crippen LogP contribution < -0.4 is 10.1 Å². The van der Waals surface area contributed by atoms with Crippen molar-refractivity contribution in [1.82, 2.24) is 10.1 Å². The quantitative estimate of drug-likeness (QED) is 0.596. The number of rotatable bonds is 3. The molecule has 0 aromatic carbocycles. The van der Waals surface area contributed by atoms with Gasteiger partial charge in [-0.1, -0.05) is 5.16 Å². The summed E-state index contributed by atoms with van der Waals surface area (Å²) in [6, 6.07) is 1.41. The summed E-state index contributed by atoms with van der Waals surface area (Å²) in [4.78, 5) is 15.3. The Hall–Kier alpha value is -1.71. The molecule has 9 heteroatoms. The van der Waals surface area contributed by atoms with E-state index in [2.05, 4.69) is 20.0 Å². The Morgan fingerprint density at radius 3 is 2.94 bits per heavy atom. The number of hydrogen-bond acceptors (Lipinski definition) is 7. The number of carbonyl (C=O) groups excluding carboxylic acids is 1. The second-order valence-electron chi connectivity index (χ2n) is 2.78. The van der Waals surface area contributed by atoms with Gasteiger partial charge in [-0.25, -0.2) is 4.98 Å². The van der Waals surface area contributed by atoms with Gasteiger partial charge in [-0.05, 0) is 0 Å². The largest absolute Gasteiger partial charge is 0.500 e. The lowest BCUT2D eigenvalue weighted by molar-refractivity contribution is 0.101. The van der Waals surface area contributed by atoms with Crippen LogP contribution in [0.1, 0.15) is 10.5 Å². The third-order valence-electron chi connectivity index (χ3n) is 1.67. The van der Waals surface area contributed by atoms with Crippen molar-refractivity contribution in [2.45, 2.75) is 0 Å². The Labute approximate surface area is 93.9 Å². The number of hydrogen-bond donors (Lipinski definition) is 3. The summed E-state index contributed by atoms with van der Waals surface area (Å²) >= 11 is 0.965. The lowest BCUT2D eigenvalue weighted by Gasteiger charge is -1.95. The number of nitrogens with zero attached hydrogens (tertiary/aromatic N) is 2. The Morgan fingerprint density at radius 1 is 1.56 bits per heavy atom. The first-order chi connectivity index (χ1) is 7.66. The zero-order valence-corrected chi connectivity index (χ0v) is 8.64. The number of anilines is 1. The van der Waals surface area contributed by atoms with Crippen molar-refractivity contribution >= 4 is 34.3 Å². The molecular formula is C7H6BN3O4S. The van der Waals surface area contributed by atoms with Crippen molar-refractivity contribution in [1.29, 1.82) is 0 Å². The zero-order chi connectivity index (χ0) is 11.5. The number of nitrogens with one attached hydrogen (secondary N) is 1. The van der Waals surface area contributed by atoms with E-state index >= 15 is 0 Å². The molecule has 2 aromatic heterocycles. The molecule has 16 heavy (non-hydrogen) atoms. The fraction of sp³-hybridized carbons (Fsp3) is 0. The maximum Gasteiger partial charge on any atom is 0.500 e. The summed E-state index contributed by atoms with van der Waals surface area (Å²) in [6.45, 7) is 0. The van der Waals surface area contributed by atoms with Gasteiger partial charge in [0.25, 0.3) is 5.91 Å². The molecule has 0 saturated heterocycles. The van der Waals surface area contributed by atoms with Crippen molar-refractivity contribution in [2.24, 2.45) is 0 Å². The molecule has 3 N–H and O–H groups in total. The van der Waals surface area contributed by atoms with E-state index in [1.54, 1.807) is 0 Å². The standard InChI is InChI=1S/C7H6BN3O4S/c12-6(4-1-2-15-11-4)10-7-9-3-5(16-7)8(13)14/h1-3,13-14H,(H,9,10,12). The van der Waals surface area contributed by atoms with Crippen LogP contribution in [0.2, 0.25) is 0 Å². The van der Waals surface area contributed by atoms with Gasteiger partial charge in [-0.2, -0.15) is 0 Å². The molecule has 0 unspecified atom stereocenters. The predicted molar refractivity (Wildman–Crippen MR) is 56.4 cm³/mol. The number of thiazole rings is 1. The molecule has 2 aromatic rings. The van der Waals surface area contributed by atoms with Gasteiger partial charge < -0.3 is 14.6 Å². The molecule has 0 aliphatic carbocycles. The molecule has 1 amide bonds. The van der Waals surface area contributed by atoms with Crippen molar-refractivity contribution < 1.29 is 19.4 Å². The third kappa shape index (κ3) is 2.27. The topological polar surface area (TPSA) is 108 Å². The van der Waals surface area contributed by atoms with E-state index < -0.39 is 13.0 Å². The van der Waals surface area contributed by atoms with Crippen molar-refractivity contribution in [2.75, 3.05) is 5.32 Å². The smallest absolute Gasteiger partial charge is 0.423 e. The fourth-order valence-electron chi connectivity index (χ4n) is 0.955. The highest BCUT2D eigenvalue weighted by atomic mass is 32.1. The minimum atomic E-state index is -1.59. The Kier molecular flexibility index (Phi) is 2.99. The Balaban J connectivity index is 2.07.